The number of carbonyl (C=O) groups is 5. The predicted molar refractivity (Wildman–Crippen MR) is 165 cm³/mol. The van der Waals surface area contributed by atoms with E-state index in [9.17, 15) is 29.1 Å². The fourth-order valence-corrected chi connectivity index (χ4v) is 4.93. The van der Waals surface area contributed by atoms with Gasteiger partial charge < -0.3 is 45.9 Å². The zero-order valence-electron chi connectivity index (χ0n) is 26.1. The monoisotopic (exact) mass is 639 g/mol. The molecule has 2 aliphatic heterocycles. The van der Waals surface area contributed by atoms with Crippen molar-refractivity contribution in [1.82, 2.24) is 26.6 Å². The van der Waals surface area contributed by atoms with E-state index in [0.29, 0.717) is 31.1 Å². The van der Waals surface area contributed by atoms with E-state index in [-0.39, 0.29) is 30.4 Å². The second-order valence-electron chi connectivity index (χ2n) is 11.5. The van der Waals surface area contributed by atoms with Crippen LogP contribution in [-0.4, -0.2) is 91.8 Å². The number of ether oxygens (including phenoxy) is 3. The first-order valence-electron chi connectivity index (χ1n) is 15.3. The van der Waals surface area contributed by atoms with E-state index < -0.39 is 66.7 Å². The zero-order chi connectivity index (χ0) is 33.2. The molecule has 6 N–H and O–H groups in total. The number of para-hydroxylation sites is 1. The van der Waals surface area contributed by atoms with Crippen molar-refractivity contribution in [2.75, 3.05) is 33.0 Å². The number of rotatable bonds is 6. The number of carbonyl (C=O) groups excluding carboxylic acids is 5. The summed E-state index contributed by atoms with van der Waals surface area (Å²) >= 11 is 0. The molecule has 0 radical (unpaired) electrons. The third-order valence-corrected chi connectivity index (χ3v) is 7.42. The lowest BCUT2D eigenvalue weighted by molar-refractivity contribution is -0.134. The molecule has 0 saturated heterocycles. The quantitative estimate of drug-likeness (QED) is 0.249. The predicted octanol–water partition coefficient (Wildman–Crippen LogP) is -0.180. The van der Waals surface area contributed by atoms with Crippen LogP contribution in [0.2, 0.25) is 0 Å². The number of hydrogen-bond donors (Lipinski definition) is 6. The van der Waals surface area contributed by atoms with Gasteiger partial charge in [-0.15, -0.1) is 0 Å². The molecule has 4 rings (SSSR count). The van der Waals surface area contributed by atoms with Gasteiger partial charge in [0, 0.05) is 6.54 Å². The van der Waals surface area contributed by atoms with Gasteiger partial charge in [-0.25, -0.2) is 0 Å². The lowest BCUT2D eigenvalue weighted by atomic mass is 10.0. The van der Waals surface area contributed by atoms with Crippen molar-refractivity contribution < 1.29 is 43.3 Å². The largest absolute Gasteiger partial charge is 0.491 e. The van der Waals surface area contributed by atoms with E-state index >= 15 is 0 Å². The maximum absolute atomic E-state index is 13.4. The Balaban J connectivity index is 1.54. The molecule has 14 heteroatoms. The molecule has 14 nitrogen and oxygen atoms in total. The highest BCUT2D eigenvalue weighted by atomic mass is 16.6. The van der Waals surface area contributed by atoms with E-state index in [0.717, 1.165) is 5.56 Å². The maximum atomic E-state index is 13.4. The van der Waals surface area contributed by atoms with E-state index in [1.165, 1.54) is 6.07 Å². The maximum Gasteiger partial charge on any atom is 0.255 e. The second-order valence-corrected chi connectivity index (χ2v) is 11.5. The average Bonchev–Trinajstić information content (AvgIpc) is 3.04. The standard InChI is InChI=1S/C32H41N5O9/c1-18(2)28-32(43)34-19(3)17-46-24-7-5-4-6-21(24)29(40)36-22(15-27(39)35-23(16-38)31(42)37-28)30(41)33-11-10-20-8-9-25-26(14-20)45-13-12-44-25/h4-9,14,18-19,22-23,28,38H,10-13,15-17H2,1-3H3,(H,33,41)(H,34,43)(H,35,39)(H,36,40)(H,37,42)/t19-,22-,23-,28+/m0/s1. The SMILES string of the molecule is CC(C)[C@H]1NC(=O)[C@H](CO)NC(=O)C[C@@H](C(=O)NCCc2ccc3c(c2)OCCO3)NC(=O)c2ccccc2OC[C@H](C)NC1=O. The summed E-state index contributed by atoms with van der Waals surface area (Å²) in [5.41, 5.74) is 0.995. The summed E-state index contributed by atoms with van der Waals surface area (Å²) in [4.78, 5) is 65.9. The number of hydrogen-bond acceptors (Lipinski definition) is 9. The fraction of sp³-hybridized carbons (Fsp3) is 0.469. The van der Waals surface area contributed by atoms with Crippen molar-refractivity contribution in [3.63, 3.8) is 0 Å². The molecule has 2 aromatic rings. The number of aliphatic hydroxyl groups is 1. The van der Waals surface area contributed by atoms with E-state index in [4.69, 9.17) is 14.2 Å². The Labute approximate surface area is 266 Å². The lowest BCUT2D eigenvalue weighted by Gasteiger charge is -2.26. The highest BCUT2D eigenvalue weighted by molar-refractivity contribution is 6.01. The molecular weight excluding hydrogens is 598 g/mol. The van der Waals surface area contributed by atoms with Gasteiger partial charge in [-0.3, -0.25) is 24.0 Å². The Kier molecular flexibility index (Phi) is 11.8. The Morgan fingerprint density at radius 1 is 0.913 bits per heavy atom. The minimum Gasteiger partial charge on any atom is -0.491 e. The molecule has 0 aliphatic carbocycles. The van der Waals surface area contributed by atoms with Crippen LogP contribution in [0.3, 0.4) is 0 Å². The third kappa shape index (κ3) is 9.10. The van der Waals surface area contributed by atoms with Crippen LogP contribution in [0.4, 0.5) is 0 Å². The molecule has 248 valence electrons. The van der Waals surface area contributed by atoms with Crippen molar-refractivity contribution in [3.05, 3.63) is 53.6 Å². The summed E-state index contributed by atoms with van der Waals surface area (Å²) in [6, 6.07) is 7.63. The van der Waals surface area contributed by atoms with Gasteiger partial charge in [-0.05, 0) is 49.1 Å². The van der Waals surface area contributed by atoms with E-state index in [1.54, 1.807) is 45.0 Å². The fourth-order valence-electron chi connectivity index (χ4n) is 4.93. The van der Waals surface area contributed by atoms with Crippen molar-refractivity contribution in [2.45, 2.75) is 57.8 Å². The summed E-state index contributed by atoms with van der Waals surface area (Å²) in [6.45, 7) is 5.52. The molecule has 2 heterocycles. The summed E-state index contributed by atoms with van der Waals surface area (Å²) in [6.07, 6.45) is -0.111. The highest BCUT2D eigenvalue weighted by Crippen LogP contribution is 2.30. The minimum absolute atomic E-state index is 0.00211. The minimum atomic E-state index is -1.41. The lowest BCUT2D eigenvalue weighted by Crippen LogP contribution is -2.58. The van der Waals surface area contributed by atoms with Gasteiger partial charge in [0.05, 0.1) is 24.6 Å². The zero-order valence-corrected chi connectivity index (χ0v) is 26.1. The summed E-state index contributed by atoms with van der Waals surface area (Å²) in [5, 5.41) is 23.1. The van der Waals surface area contributed by atoms with E-state index in [1.807, 2.05) is 12.1 Å². The molecule has 0 unspecified atom stereocenters. The van der Waals surface area contributed by atoms with Gasteiger partial charge in [0.15, 0.2) is 11.5 Å². The number of fused-ring (bicyclic) bond motifs is 2. The van der Waals surface area contributed by atoms with Gasteiger partial charge in [-0.1, -0.05) is 32.0 Å². The highest BCUT2D eigenvalue weighted by Gasteiger charge is 2.31. The Morgan fingerprint density at radius 3 is 2.39 bits per heavy atom. The molecule has 5 amide bonds. The van der Waals surface area contributed by atoms with Crippen molar-refractivity contribution in [3.8, 4) is 17.2 Å². The van der Waals surface area contributed by atoms with Crippen molar-refractivity contribution in [1.29, 1.82) is 0 Å². The van der Waals surface area contributed by atoms with Gasteiger partial charge in [-0.2, -0.15) is 0 Å². The van der Waals surface area contributed by atoms with Crippen LogP contribution in [0.1, 0.15) is 43.1 Å². The van der Waals surface area contributed by atoms with Crippen LogP contribution in [-0.2, 0) is 25.6 Å². The number of amides is 5. The number of aliphatic hydroxyl groups excluding tert-OH is 1. The molecule has 0 bridgehead atoms. The van der Waals surface area contributed by atoms with Gasteiger partial charge in [0.1, 0.15) is 43.7 Å². The Hall–Kier alpha value is -4.85. The first-order chi connectivity index (χ1) is 22.0. The van der Waals surface area contributed by atoms with Crippen molar-refractivity contribution in [2.24, 2.45) is 5.92 Å². The van der Waals surface area contributed by atoms with Crippen LogP contribution in [0.15, 0.2) is 42.5 Å². The molecular formula is C32H41N5O9. The number of nitrogens with one attached hydrogen (secondary N) is 5. The Bertz CT molecular complexity index is 1430. The van der Waals surface area contributed by atoms with Crippen LogP contribution < -0.4 is 40.8 Å². The smallest absolute Gasteiger partial charge is 0.255 e. The molecule has 0 saturated carbocycles. The summed E-state index contributed by atoms with van der Waals surface area (Å²) in [7, 11) is 0. The van der Waals surface area contributed by atoms with Crippen LogP contribution in [0.25, 0.3) is 0 Å². The molecule has 4 atom stereocenters. The van der Waals surface area contributed by atoms with Crippen molar-refractivity contribution >= 4 is 29.5 Å². The van der Waals surface area contributed by atoms with Crippen LogP contribution in [0.5, 0.6) is 17.2 Å². The molecule has 0 aromatic heterocycles. The Morgan fingerprint density at radius 2 is 1.65 bits per heavy atom. The normalized spacial score (nSPS) is 22.6. The number of benzene rings is 2. The first-order valence-corrected chi connectivity index (χ1v) is 15.3. The topological polar surface area (TPSA) is 193 Å². The van der Waals surface area contributed by atoms with Crippen LogP contribution >= 0.6 is 0 Å². The average molecular weight is 640 g/mol. The van der Waals surface area contributed by atoms with Gasteiger partial charge >= 0.3 is 0 Å². The van der Waals surface area contributed by atoms with Crippen LogP contribution in [0, 0.1) is 5.92 Å². The molecule has 0 spiro atoms. The molecule has 2 aliphatic rings. The molecule has 0 fully saturated rings. The van der Waals surface area contributed by atoms with E-state index in [2.05, 4.69) is 26.6 Å². The molecule has 46 heavy (non-hydrogen) atoms. The summed E-state index contributed by atoms with van der Waals surface area (Å²) in [5.74, 6) is -2.21. The van der Waals surface area contributed by atoms with Gasteiger partial charge in [0.25, 0.3) is 5.91 Å². The first kappa shape index (κ1) is 34.0. The van der Waals surface area contributed by atoms with Gasteiger partial charge in [0.2, 0.25) is 23.6 Å². The summed E-state index contributed by atoms with van der Waals surface area (Å²) < 4.78 is 17.0. The third-order valence-electron chi connectivity index (χ3n) is 7.42. The molecule has 2 aromatic carbocycles. The second kappa shape index (κ2) is 15.9.